The summed E-state index contributed by atoms with van der Waals surface area (Å²) in [4.78, 5) is 28.9. The van der Waals surface area contributed by atoms with E-state index >= 15 is 0 Å². The molecule has 2 atom stereocenters. The summed E-state index contributed by atoms with van der Waals surface area (Å²) in [5.74, 6) is -0.738. The fraction of sp³-hybridized carbons (Fsp3) is 0.400. The molecule has 0 saturated heterocycles. The van der Waals surface area contributed by atoms with Crippen molar-refractivity contribution in [3.63, 3.8) is 0 Å². The van der Waals surface area contributed by atoms with E-state index in [4.69, 9.17) is 9.47 Å². The van der Waals surface area contributed by atoms with Crippen molar-refractivity contribution in [3.8, 4) is 5.75 Å². The fourth-order valence-corrected chi connectivity index (χ4v) is 5.48. The summed E-state index contributed by atoms with van der Waals surface area (Å²) in [7, 11) is 1.81. The molecule has 0 saturated carbocycles. The molecule has 222 valence electrons. The Morgan fingerprint density at radius 1 is 1.19 bits per heavy atom. The van der Waals surface area contributed by atoms with E-state index in [2.05, 4.69) is 15.3 Å². The summed E-state index contributed by atoms with van der Waals surface area (Å²) >= 11 is 0. The molecule has 0 radical (unpaired) electrons. The number of fused-ring (bicyclic) bond motifs is 2. The van der Waals surface area contributed by atoms with Crippen LogP contribution in [0.5, 0.6) is 5.75 Å². The zero-order valence-corrected chi connectivity index (χ0v) is 23.8. The summed E-state index contributed by atoms with van der Waals surface area (Å²) in [6.07, 6.45) is -6.59. The first kappa shape index (κ1) is 29.3. The third-order valence-electron chi connectivity index (χ3n) is 7.70. The molecule has 0 aliphatic carbocycles. The summed E-state index contributed by atoms with van der Waals surface area (Å²) in [5.41, 5.74) is 5.72. The molecule has 0 bridgehead atoms. The Morgan fingerprint density at radius 3 is 2.71 bits per heavy atom. The van der Waals surface area contributed by atoms with E-state index in [0.717, 1.165) is 44.9 Å². The molecule has 4 aromatic rings. The minimum Gasteiger partial charge on any atom is -0.478 e. The molecule has 0 unspecified atom stereocenters. The molecule has 9 nitrogen and oxygen atoms in total. The zero-order valence-electron chi connectivity index (χ0n) is 23.8. The van der Waals surface area contributed by atoms with Crippen LogP contribution in [-0.4, -0.2) is 56.3 Å². The predicted octanol–water partition coefficient (Wildman–Crippen LogP) is 4.68. The van der Waals surface area contributed by atoms with Gasteiger partial charge in [-0.3, -0.25) is 14.5 Å². The number of esters is 1. The molecule has 1 aliphatic heterocycles. The van der Waals surface area contributed by atoms with E-state index in [-0.39, 0.29) is 49.4 Å². The molecule has 3 heterocycles. The summed E-state index contributed by atoms with van der Waals surface area (Å²) in [6.45, 7) is 5.63. The summed E-state index contributed by atoms with van der Waals surface area (Å²) < 4.78 is 54.0. The predicted molar refractivity (Wildman–Crippen MR) is 149 cm³/mol. The number of aryl methyl sites for hydroxylation is 3. The van der Waals surface area contributed by atoms with E-state index in [1.807, 2.05) is 51.2 Å². The van der Waals surface area contributed by atoms with E-state index < -0.39 is 24.4 Å². The minimum atomic E-state index is -4.60. The SMILES string of the molecule is CCOC(=O)C[C@H](c1ccc(C)c(CN2Cc3[nH]c(=O)ccc3O[C@H](C(F)(F)F)C2)c1)c1ccc2c(nnn2C)c1C. The van der Waals surface area contributed by atoms with Crippen LogP contribution >= 0.6 is 0 Å². The molecule has 1 N–H and O–H groups in total. The van der Waals surface area contributed by atoms with Gasteiger partial charge in [0.25, 0.3) is 0 Å². The van der Waals surface area contributed by atoms with Gasteiger partial charge in [0.2, 0.25) is 11.7 Å². The van der Waals surface area contributed by atoms with Crippen molar-refractivity contribution in [2.45, 2.75) is 58.5 Å². The maximum Gasteiger partial charge on any atom is 0.426 e. The maximum absolute atomic E-state index is 13.9. The number of hydrogen-bond donors (Lipinski definition) is 1. The van der Waals surface area contributed by atoms with Crippen molar-refractivity contribution in [1.82, 2.24) is 24.9 Å². The third kappa shape index (κ3) is 6.03. The van der Waals surface area contributed by atoms with Crippen molar-refractivity contribution in [3.05, 3.63) is 86.3 Å². The lowest BCUT2D eigenvalue weighted by atomic mass is 9.84. The van der Waals surface area contributed by atoms with Crippen LogP contribution in [0.4, 0.5) is 13.2 Å². The summed E-state index contributed by atoms with van der Waals surface area (Å²) in [5, 5.41) is 8.42. The van der Waals surface area contributed by atoms with Crippen molar-refractivity contribution in [1.29, 1.82) is 0 Å². The number of hydrogen-bond acceptors (Lipinski definition) is 7. The smallest absolute Gasteiger partial charge is 0.426 e. The first-order valence-corrected chi connectivity index (χ1v) is 13.7. The van der Waals surface area contributed by atoms with Gasteiger partial charge < -0.3 is 14.5 Å². The zero-order chi connectivity index (χ0) is 30.2. The highest BCUT2D eigenvalue weighted by Crippen LogP contribution is 2.36. The monoisotopic (exact) mass is 583 g/mol. The second-order valence-electron chi connectivity index (χ2n) is 10.6. The van der Waals surface area contributed by atoms with Gasteiger partial charge in [-0.25, -0.2) is 4.68 Å². The van der Waals surface area contributed by atoms with Gasteiger partial charge in [0.1, 0.15) is 11.3 Å². The van der Waals surface area contributed by atoms with Crippen molar-refractivity contribution < 1.29 is 27.4 Å². The van der Waals surface area contributed by atoms with Crippen LogP contribution in [0.3, 0.4) is 0 Å². The Balaban J connectivity index is 1.53. The number of pyridine rings is 1. The summed E-state index contributed by atoms with van der Waals surface area (Å²) in [6, 6.07) is 12.1. The number of rotatable bonds is 7. The Labute approximate surface area is 240 Å². The number of alkyl halides is 3. The van der Waals surface area contributed by atoms with Gasteiger partial charge in [-0.2, -0.15) is 13.2 Å². The molecule has 12 heteroatoms. The normalized spacial score (nSPS) is 16.5. The number of halogens is 3. The Kier molecular flexibility index (Phi) is 8.09. The standard InChI is InChI=1S/C30H32F3N5O4/c1-5-41-28(40)13-22(21-8-9-24-29(18(21)3)35-36-37(24)4)19-7-6-17(2)20(12-19)14-38-15-23-25(10-11-27(39)34-23)42-26(16-38)30(31,32)33/h6-12,22,26H,5,13-16H2,1-4H3,(H,34,39)/t22-,26+/m1/s1. The third-order valence-corrected chi connectivity index (χ3v) is 7.70. The van der Waals surface area contributed by atoms with Gasteiger partial charge in [-0.1, -0.05) is 29.5 Å². The van der Waals surface area contributed by atoms with Gasteiger partial charge in [0.15, 0.2) is 0 Å². The number of carbonyl (C=O) groups is 1. The van der Waals surface area contributed by atoms with Crippen molar-refractivity contribution in [2.75, 3.05) is 13.2 Å². The molecule has 5 rings (SSSR count). The highest BCUT2D eigenvalue weighted by atomic mass is 19.4. The molecule has 2 aromatic heterocycles. The van der Waals surface area contributed by atoms with Gasteiger partial charge in [0, 0.05) is 38.7 Å². The Bertz CT molecular complexity index is 1680. The second-order valence-corrected chi connectivity index (χ2v) is 10.6. The number of benzene rings is 2. The fourth-order valence-electron chi connectivity index (χ4n) is 5.48. The van der Waals surface area contributed by atoms with E-state index in [0.29, 0.717) is 0 Å². The molecular weight excluding hydrogens is 551 g/mol. The number of ether oxygens (including phenoxy) is 2. The molecule has 42 heavy (non-hydrogen) atoms. The molecule has 1 aliphatic rings. The molecular formula is C30H32F3N5O4. The average molecular weight is 584 g/mol. The van der Waals surface area contributed by atoms with Crippen LogP contribution in [0.15, 0.2) is 47.3 Å². The number of nitrogens with zero attached hydrogens (tertiary/aromatic N) is 4. The Morgan fingerprint density at radius 2 is 1.98 bits per heavy atom. The van der Waals surface area contributed by atoms with Crippen LogP contribution in [-0.2, 0) is 29.7 Å². The molecule has 0 spiro atoms. The van der Waals surface area contributed by atoms with Crippen LogP contribution in [0.25, 0.3) is 11.0 Å². The second kappa shape index (κ2) is 11.6. The molecule has 0 fully saturated rings. The molecule has 2 aromatic carbocycles. The first-order valence-electron chi connectivity index (χ1n) is 13.7. The highest BCUT2D eigenvalue weighted by Gasteiger charge is 2.44. The van der Waals surface area contributed by atoms with Crippen LogP contribution < -0.4 is 10.3 Å². The van der Waals surface area contributed by atoms with Crippen LogP contribution in [0.1, 0.15) is 52.8 Å². The average Bonchev–Trinajstić information content (AvgIpc) is 3.20. The number of carbonyl (C=O) groups excluding carboxylic acids is 1. The minimum absolute atomic E-state index is 0.00859. The van der Waals surface area contributed by atoms with Crippen molar-refractivity contribution >= 4 is 17.0 Å². The van der Waals surface area contributed by atoms with Crippen molar-refractivity contribution in [2.24, 2.45) is 7.05 Å². The van der Waals surface area contributed by atoms with Gasteiger partial charge in [-0.15, -0.1) is 5.10 Å². The van der Waals surface area contributed by atoms with Gasteiger partial charge >= 0.3 is 12.1 Å². The number of H-pyrrole nitrogens is 1. The highest BCUT2D eigenvalue weighted by molar-refractivity contribution is 5.80. The lowest BCUT2D eigenvalue weighted by Crippen LogP contribution is -2.42. The lowest BCUT2D eigenvalue weighted by Gasteiger charge is -2.26. The number of aromatic nitrogens is 4. The molecule has 0 amide bonds. The van der Waals surface area contributed by atoms with Gasteiger partial charge in [-0.05, 0) is 60.7 Å². The number of nitrogens with one attached hydrogen (secondary N) is 1. The van der Waals surface area contributed by atoms with Gasteiger partial charge in [0.05, 0.1) is 24.2 Å². The van der Waals surface area contributed by atoms with E-state index in [1.165, 1.54) is 6.07 Å². The quantitative estimate of drug-likeness (QED) is 0.315. The maximum atomic E-state index is 13.9. The largest absolute Gasteiger partial charge is 0.478 e. The van der Waals surface area contributed by atoms with Crippen LogP contribution in [0.2, 0.25) is 0 Å². The van der Waals surface area contributed by atoms with Crippen LogP contribution in [0, 0.1) is 13.8 Å². The van der Waals surface area contributed by atoms with E-state index in [9.17, 15) is 22.8 Å². The topological polar surface area (TPSA) is 102 Å². The Hall–Kier alpha value is -4.19. The number of aromatic amines is 1. The van der Waals surface area contributed by atoms with E-state index in [1.54, 1.807) is 16.5 Å². The lowest BCUT2D eigenvalue weighted by molar-refractivity contribution is -0.198. The first-order chi connectivity index (χ1) is 19.9.